The summed E-state index contributed by atoms with van der Waals surface area (Å²) in [6.45, 7) is -0.00207. The number of ether oxygens (including phenoxy) is 1. The number of rotatable bonds is 6. The molecular weight excluding hydrogens is 375 g/mol. The van der Waals surface area contributed by atoms with Gasteiger partial charge in [-0.05, 0) is 42.5 Å². The minimum atomic E-state index is -0.503. The highest BCUT2D eigenvalue weighted by atomic mass is 19.1. The van der Waals surface area contributed by atoms with Crippen molar-refractivity contribution in [1.29, 1.82) is 0 Å². The Labute approximate surface area is 166 Å². The maximum absolute atomic E-state index is 13.3. The molecule has 1 aliphatic rings. The minimum absolute atomic E-state index is 0.00207. The normalized spacial score (nSPS) is 13.9. The molecule has 0 radical (unpaired) electrons. The maximum Gasteiger partial charge on any atom is 0.278 e. The molecule has 0 saturated heterocycles. The summed E-state index contributed by atoms with van der Waals surface area (Å²) >= 11 is 0. The van der Waals surface area contributed by atoms with Gasteiger partial charge in [0.05, 0.1) is 25.5 Å². The Morgan fingerprint density at radius 1 is 1.00 bits per heavy atom. The molecule has 0 spiro atoms. The van der Waals surface area contributed by atoms with Gasteiger partial charge in [-0.3, -0.25) is 14.5 Å². The third-order valence-electron chi connectivity index (χ3n) is 4.55. The van der Waals surface area contributed by atoms with Gasteiger partial charge in [0.2, 0.25) is 0 Å². The number of imide groups is 1. The first-order chi connectivity index (χ1) is 14.1. The van der Waals surface area contributed by atoms with Crippen molar-refractivity contribution in [2.75, 3.05) is 12.4 Å². The van der Waals surface area contributed by atoms with E-state index in [4.69, 9.17) is 9.15 Å². The molecule has 0 bridgehead atoms. The Bertz CT molecular complexity index is 1090. The first-order valence-electron chi connectivity index (χ1n) is 8.87. The van der Waals surface area contributed by atoms with Crippen LogP contribution in [0.3, 0.4) is 0 Å². The number of carbonyl (C=O) groups is 2. The number of nitrogens with one attached hydrogen (secondary N) is 1. The predicted molar refractivity (Wildman–Crippen MR) is 104 cm³/mol. The molecule has 146 valence electrons. The van der Waals surface area contributed by atoms with Crippen molar-refractivity contribution >= 4 is 23.1 Å². The van der Waals surface area contributed by atoms with Crippen LogP contribution in [0.5, 0.6) is 5.75 Å². The topological polar surface area (TPSA) is 71.8 Å². The molecule has 1 N–H and O–H groups in total. The monoisotopic (exact) mass is 392 g/mol. The van der Waals surface area contributed by atoms with Gasteiger partial charge in [-0.2, -0.15) is 0 Å². The van der Waals surface area contributed by atoms with Crippen molar-refractivity contribution in [3.8, 4) is 5.75 Å². The zero-order valence-electron chi connectivity index (χ0n) is 15.5. The van der Waals surface area contributed by atoms with Crippen LogP contribution >= 0.6 is 0 Å². The molecule has 2 aromatic carbocycles. The number of para-hydroxylation sites is 1. The van der Waals surface area contributed by atoms with E-state index in [0.717, 1.165) is 4.90 Å². The highest BCUT2D eigenvalue weighted by Crippen LogP contribution is 2.35. The van der Waals surface area contributed by atoms with Gasteiger partial charge in [-0.25, -0.2) is 4.39 Å². The largest absolute Gasteiger partial charge is 0.496 e. The molecule has 29 heavy (non-hydrogen) atoms. The van der Waals surface area contributed by atoms with Crippen LogP contribution in [-0.4, -0.2) is 23.8 Å². The fraction of sp³-hybridized carbons (Fsp3) is 0.0909. The van der Waals surface area contributed by atoms with Crippen molar-refractivity contribution in [2.45, 2.75) is 6.54 Å². The summed E-state index contributed by atoms with van der Waals surface area (Å²) < 4.78 is 23.9. The maximum atomic E-state index is 13.3. The van der Waals surface area contributed by atoms with Crippen molar-refractivity contribution in [3.05, 3.63) is 89.8 Å². The average molecular weight is 392 g/mol. The Balaban J connectivity index is 1.79. The molecule has 2 heterocycles. The first-order valence-corrected chi connectivity index (χ1v) is 8.87. The smallest absolute Gasteiger partial charge is 0.278 e. The lowest BCUT2D eigenvalue weighted by molar-refractivity contribution is -0.137. The molecule has 0 saturated carbocycles. The standard InChI is InChI=1S/C22H17FN2O4/c1-28-18-7-3-2-6-17(18)19-20(24-15-10-8-14(23)9-11-15)22(27)25(21(19)26)13-16-5-4-12-29-16/h2-12,24H,13H2,1H3. The van der Waals surface area contributed by atoms with Crippen molar-refractivity contribution in [3.63, 3.8) is 0 Å². The number of methoxy groups -OCH3 is 1. The van der Waals surface area contributed by atoms with Crippen LogP contribution in [0.2, 0.25) is 0 Å². The van der Waals surface area contributed by atoms with Crippen LogP contribution in [0, 0.1) is 5.82 Å². The zero-order valence-corrected chi connectivity index (χ0v) is 15.5. The van der Waals surface area contributed by atoms with Gasteiger partial charge >= 0.3 is 0 Å². The summed E-state index contributed by atoms with van der Waals surface area (Å²) in [5, 5.41) is 2.97. The number of furan rings is 1. The zero-order chi connectivity index (χ0) is 20.4. The molecule has 0 atom stereocenters. The van der Waals surface area contributed by atoms with Crippen molar-refractivity contribution < 1.29 is 23.1 Å². The molecule has 0 aliphatic carbocycles. The molecule has 2 amide bonds. The fourth-order valence-electron chi connectivity index (χ4n) is 3.17. The van der Waals surface area contributed by atoms with E-state index in [9.17, 15) is 14.0 Å². The quantitative estimate of drug-likeness (QED) is 0.646. The van der Waals surface area contributed by atoms with Gasteiger partial charge in [0.1, 0.15) is 23.0 Å². The van der Waals surface area contributed by atoms with E-state index in [-0.39, 0.29) is 17.8 Å². The summed E-state index contributed by atoms with van der Waals surface area (Å²) in [4.78, 5) is 27.4. The SMILES string of the molecule is COc1ccccc1C1=C(Nc2ccc(F)cc2)C(=O)N(Cc2ccco2)C1=O. The molecular formula is C22H17FN2O4. The van der Waals surface area contributed by atoms with E-state index in [0.29, 0.717) is 22.8 Å². The second-order valence-electron chi connectivity index (χ2n) is 6.36. The highest BCUT2D eigenvalue weighted by Gasteiger charge is 2.40. The molecule has 3 aromatic rings. The van der Waals surface area contributed by atoms with Gasteiger partial charge in [-0.1, -0.05) is 18.2 Å². The van der Waals surface area contributed by atoms with Crippen LogP contribution in [0.15, 0.2) is 77.0 Å². The lowest BCUT2D eigenvalue weighted by Crippen LogP contribution is -2.31. The van der Waals surface area contributed by atoms with Crippen LogP contribution in [0.25, 0.3) is 5.57 Å². The summed E-state index contributed by atoms with van der Waals surface area (Å²) in [5.41, 5.74) is 1.25. The van der Waals surface area contributed by atoms with Crippen LogP contribution in [-0.2, 0) is 16.1 Å². The number of halogens is 1. The Kier molecular flexibility index (Phi) is 4.87. The number of anilines is 1. The summed E-state index contributed by atoms with van der Waals surface area (Å²) in [5.74, 6) is -0.434. The molecule has 1 aromatic heterocycles. The molecule has 4 rings (SSSR count). The number of hydrogen-bond acceptors (Lipinski definition) is 5. The van der Waals surface area contributed by atoms with Gasteiger partial charge < -0.3 is 14.5 Å². The number of nitrogens with zero attached hydrogens (tertiary/aromatic N) is 1. The number of carbonyl (C=O) groups excluding carboxylic acids is 2. The van der Waals surface area contributed by atoms with E-state index >= 15 is 0 Å². The average Bonchev–Trinajstić information content (AvgIpc) is 3.33. The van der Waals surface area contributed by atoms with Crippen LogP contribution < -0.4 is 10.1 Å². The van der Waals surface area contributed by atoms with E-state index in [2.05, 4.69) is 5.32 Å². The number of benzene rings is 2. The molecule has 6 nitrogen and oxygen atoms in total. The number of hydrogen-bond donors (Lipinski definition) is 1. The van der Waals surface area contributed by atoms with Crippen LogP contribution in [0.1, 0.15) is 11.3 Å². The Morgan fingerprint density at radius 2 is 1.76 bits per heavy atom. The second-order valence-corrected chi connectivity index (χ2v) is 6.36. The molecule has 0 unspecified atom stereocenters. The van der Waals surface area contributed by atoms with Gasteiger partial charge in [0, 0.05) is 11.3 Å². The summed E-state index contributed by atoms with van der Waals surface area (Å²) in [6, 6.07) is 15.9. The number of amides is 2. The van der Waals surface area contributed by atoms with E-state index in [1.165, 1.54) is 37.6 Å². The van der Waals surface area contributed by atoms with Crippen molar-refractivity contribution in [2.24, 2.45) is 0 Å². The van der Waals surface area contributed by atoms with Gasteiger partial charge in [-0.15, -0.1) is 0 Å². The lowest BCUT2D eigenvalue weighted by Gasteiger charge is -2.14. The van der Waals surface area contributed by atoms with E-state index in [1.807, 2.05) is 0 Å². The minimum Gasteiger partial charge on any atom is -0.496 e. The Morgan fingerprint density at radius 3 is 2.45 bits per heavy atom. The summed E-state index contributed by atoms with van der Waals surface area (Å²) in [7, 11) is 1.49. The third-order valence-corrected chi connectivity index (χ3v) is 4.55. The first kappa shape index (κ1) is 18.5. The highest BCUT2D eigenvalue weighted by molar-refractivity contribution is 6.36. The molecule has 1 aliphatic heterocycles. The third kappa shape index (κ3) is 3.50. The van der Waals surface area contributed by atoms with Crippen molar-refractivity contribution in [1.82, 2.24) is 4.90 Å². The van der Waals surface area contributed by atoms with E-state index < -0.39 is 17.6 Å². The van der Waals surface area contributed by atoms with Gasteiger partial charge in [0.15, 0.2) is 0 Å². The molecule has 0 fully saturated rings. The lowest BCUT2D eigenvalue weighted by atomic mass is 10.0. The van der Waals surface area contributed by atoms with Crippen LogP contribution in [0.4, 0.5) is 10.1 Å². The second kappa shape index (κ2) is 7.63. The van der Waals surface area contributed by atoms with E-state index in [1.54, 1.807) is 36.4 Å². The predicted octanol–water partition coefficient (Wildman–Crippen LogP) is 3.82. The Hall–Kier alpha value is -3.87. The van der Waals surface area contributed by atoms with Gasteiger partial charge in [0.25, 0.3) is 11.8 Å². The fourth-order valence-corrected chi connectivity index (χ4v) is 3.17. The molecule has 7 heteroatoms. The summed E-state index contributed by atoms with van der Waals surface area (Å²) in [6.07, 6.45) is 1.48.